The van der Waals surface area contributed by atoms with Crippen LogP contribution in [0.15, 0.2) is 22.9 Å². The molecule has 0 unspecified atom stereocenters. The van der Waals surface area contributed by atoms with Crippen LogP contribution in [0.5, 0.6) is 0 Å². The van der Waals surface area contributed by atoms with E-state index in [2.05, 4.69) is 0 Å². The Morgan fingerprint density at radius 2 is 1.86 bits per heavy atom. The molecule has 0 saturated heterocycles. The maximum atomic E-state index is 4.97. The van der Waals surface area contributed by atoms with Gasteiger partial charge in [0.05, 0.1) is 7.11 Å². The van der Waals surface area contributed by atoms with Crippen molar-refractivity contribution in [1.82, 2.24) is 0 Å². The fourth-order valence-corrected chi connectivity index (χ4v) is 1.21. The first kappa shape index (κ1) is 4.81. The van der Waals surface area contributed by atoms with Crippen molar-refractivity contribution in [3.8, 4) is 0 Å². The Balaban J connectivity index is 2.76. The molecule has 0 radical (unpaired) electrons. The van der Waals surface area contributed by atoms with E-state index < -0.39 is 0 Å². The molecule has 1 aromatic heterocycles. The van der Waals surface area contributed by atoms with Crippen molar-refractivity contribution in [2.75, 3.05) is 7.11 Å². The van der Waals surface area contributed by atoms with Crippen molar-refractivity contribution in [2.45, 2.75) is 0 Å². The van der Waals surface area contributed by atoms with Gasteiger partial charge in [0, 0.05) is 0 Å². The smallest absolute Gasteiger partial charge is 0.154 e. The Hall–Kier alpha value is -0.340. The standard InChI is InChI=1S/C5H7OS/c1-6-7-4-2-3-5-7/h2-5H,1H3/q+1. The zero-order chi connectivity index (χ0) is 5.11. The summed E-state index contributed by atoms with van der Waals surface area (Å²) in [6, 6.07) is 3.99. The van der Waals surface area contributed by atoms with E-state index in [0.29, 0.717) is 0 Å². The van der Waals surface area contributed by atoms with Gasteiger partial charge in [-0.05, 0) is 12.1 Å². The Labute approximate surface area is 45.7 Å². The number of hydrogen-bond acceptors (Lipinski definition) is 1. The molecule has 0 amide bonds. The third kappa shape index (κ3) is 1.01. The fraction of sp³-hybridized carbons (Fsp3) is 0.200. The fourth-order valence-electron chi connectivity index (χ4n) is 0.402. The van der Waals surface area contributed by atoms with Gasteiger partial charge in [-0.2, -0.15) is 4.18 Å². The summed E-state index contributed by atoms with van der Waals surface area (Å²) in [5, 5.41) is 4.06. The lowest BCUT2D eigenvalue weighted by molar-refractivity contribution is 0.551. The quantitative estimate of drug-likeness (QED) is 0.504. The van der Waals surface area contributed by atoms with E-state index in [1.807, 2.05) is 22.9 Å². The van der Waals surface area contributed by atoms with Gasteiger partial charge in [0.25, 0.3) is 0 Å². The van der Waals surface area contributed by atoms with Crippen LogP contribution >= 0.6 is 10.8 Å². The van der Waals surface area contributed by atoms with Crippen LogP contribution in [0, 0.1) is 0 Å². The second kappa shape index (κ2) is 2.09. The molecule has 1 rings (SSSR count). The van der Waals surface area contributed by atoms with Gasteiger partial charge in [-0.25, -0.2) is 0 Å². The minimum Gasteiger partial charge on any atom is -0.154 e. The Bertz CT molecular complexity index is 123. The summed E-state index contributed by atoms with van der Waals surface area (Å²) in [6.45, 7) is 0. The molecule has 0 aliphatic carbocycles. The summed E-state index contributed by atoms with van der Waals surface area (Å²) in [7, 11) is 1.72. The van der Waals surface area contributed by atoms with Crippen molar-refractivity contribution in [2.24, 2.45) is 0 Å². The molecular weight excluding hydrogens is 108 g/mol. The lowest BCUT2D eigenvalue weighted by Crippen LogP contribution is -1.73. The molecular formula is C5H7OS+. The Morgan fingerprint density at radius 1 is 1.29 bits per heavy atom. The van der Waals surface area contributed by atoms with Crippen molar-refractivity contribution >= 4 is 10.8 Å². The molecule has 0 N–H and O–H groups in total. The van der Waals surface area contributed by atoms with Gasteiger partial charge < -0.3 is 0 Å². The van der Waals surface area contributed by atoms with Crippen LogP contribution in [0.4, 0.5) is 0 Å². The molecule has 2 heteroatoms. The number of hydrogen-bond donors (Lipinski definition) is 0. The third-order valence-corrected chi connectivity index (χ3v) is 1.96. The van der Waals surface area contributed by atoms with Crippen molar-refractivity contribution in [3.63, 3.8) is 0 Å². The molecule has 7 heavy (non-hydrogen) atoms. The first-order valence-corrected chi connectivity index (χ1v) is 3.32. The predicted molar refractivity (Wildman–Crippen MR) is 31.4 cm³/mol. The monoisotopic (exact) mass is 115 g/mol. The summed E-state index contributed by atoms with van der Waals surface area (Å²) < 4.78 is 4.97. The predicted octanol–water partition coefficient (Wildman–Crippen LogP) is 1.49. The summed E-state index contributed by atoms with van der Waals surface area (Å²) in [6.07, 6.45) is 0. The molecule has 0 bridgehead atoms. The SMILES string of the molecule is CO[s+]1cccc1. The molecule has 1 aromatic rings. The van der Waals surface area contributed by atoms with E-state index in [1.165, 1.54) is 0 Å². The molecule has 0 atom stereocenters. The van der Waals surface area contributed by atoms with Crippen molar-refractivity contribution in [1.29, 1.82) is 0 Å². The highest BCUT2D eigenvalue weighted by Crippen LogP contribution is 2.10. The first-order valence-electron chi connectivity index (χ1n) is 2.05. The van der Waals surface area contributed by atoms with Crippen LogP contribution < -0.4 is 4.18 Å². The average Bonchev–Trinajstić information content (AvgIpc) is 2.14. The molecule has 0 aromatic carbocycles. The molecule has 0 fully saturated rings. The second-order valence-electron chi connectivity index (χ2n) is 1.15. The van der Waals surface area contributed by atoms with Crippen molar-refractivity contribution < 1.29 is 4.18 Å². The van der Waals surface area contributed by atoms with E-state index in [1.54, 1.807) is 7.11 Å². The van der Waals surface area contributed by atoms with E-state index in [-0.39, 0.29) is 10.8 Å². The van der Waals surface area contributed by atoms with Crippen LogP contribution in [-0.4, -0.2) is 7.11 Å². The molecule has 0 aliphatic rings. The van der Waals surface area contributed by atoms with Gasteiger partial charge in [0.1, 0.15) is 10.8 Å². The normalized spacial score (nSPS) is 9.29. The largest absolute Gasteiger partial charge is 0.175 e. The lowest BCUT2D eigenvalue weighted by Gasteiger charge is -1.70. The van der Waals surface area contributed by atoms with Crippen LogP contribution in [-0.2, 0) is 0 Å². The van der Waals surface area contributed by atoms with Gasteiger partial charge in [-0.15, -0.1) is 0 Å². The van der Waals surface area contributed by atoms with E-state index in [9.17, 15) is 0 Å². The van der Waals surface area contributed by atoms with Crippen molar-refractivity contribution in [3.05, 3.63) is 22.9 Å². The second-order valence-corrected chi connectivity index (χ2v) is 2.69. The highest BCUT2D eigenvalue weighted by Gasteiger charge is 1.94. The molecule has 1 heterocycles. The minimum absolute atomic E-state index is 0.00463. The average molecular weight is 115 g/mol. The molecule has 38 valence electrons. The zero-order valence-electron chi connectivity index (χ0n) is 4.13. The van der Waals surface area contributed by atoms with Gasteiger partial charge in [-0.3, -0.25) is 0 Å². The lowest BCUT2D eigenvalue weighted by atomic mass is 10.7. The van der Waals surface area contributed by atoms with Gasteiger partial charge >= 0.3 is 0 Å². The molecule has 0 aliphatic heterocycles. The van der Waals surface area contributed by atoms with E-state index in [4.69, 9.17) is 4.18 Å². The molecule has 1 nitrogen and oxygen atoms in total. The topological polar surface area (TPSA) is 9.23 Å². The van der Waals surface area contributed by atoms with Gasteiger partial charge in [0.2, 0.25) is 0 Å². The highest BCUT2D eigenvalue weighted by atomic mass is 32.2. The molecule has 0 saturated carbocycles. The first-order chi connectivity index (χ1) is 3.43. The summed E-state index contributed by atoms with van der Waals surface area (Å²) in [4.78, 5) is 0. The summed E-state index contributed by atoms with van der Waals surface area (Å²) in [5.74, 6) is 0. The number of rotatable bonds is 1. The molecule has 0 spiro atoms. The minimum atomic E-state index is 0.00463. The van der Waals surface area contributed by atoms with Gasteiger partial charge in [0.15, 0.2) is 10.8 Å². The number of thiophene rings is 1. The highest BCUT2D eigenvalue weighted by molar-refractivity contribution is 7.23. The third-order valence-electron chi connectivity index (χ3n) is 0.729. The summed E-state index contributed by atoms with van der Waals surface area (Å²) >= 11 is 0. The Kier molecular flexibility index (Phi) is 1.44. The van der Waals surface area contributed by atoms with Crippen LogP contribution in [0.3, 0.4) is 0 Å². The van der Waals surface area contributed by atoms with E-state index in [0.717, 1.165) is 0 Å². The van der Waals surface area contributed by atoms with Crippen LogP contribution in [0.25, 0.3) is 0 Å². The van der Waals surface area contributed by atoms with E-state index >= 15 is 0 Å². The maximum Gasteiger partial charge on any atom is 0.175 e. The van der Waals surface area contributed by atoms with Crippen LogP contribution in [0.1, 0.15) is 0 Å². The Morgan fingerprint density at radius 3 is 2.14 bits per heavy atom. The maximum absolute atomic E-state index is 4.97. The van der Waals surface area contributed by atoms with Crippen LogP contribution in [0.2, 0.25) is 0 Å². The summed E-state index contributed by atoms with van der Waals surface area (Å²) in [5.41, 5.74) is 0. The van der Waals surface area contributed by atoms with Gasteiger partial charge in [-0.1, -0.05) is 0 Å². The zero-order valence-corrected chi connectivity index (χ0v) is 4.94.